The fourth-order valence-electron chi connectivity index (χ4n) is 2.51. The van der Waals surface area contributed by atoms with Gasteiger partial charge in [0.05, 0.1) is 37.5 Å². The minimum Gasteiger partial charge on any atom is -0.493 e. The Kier molecular flexibility index (Phi) is 6.09. The molecule has 28 heavy (non-hydrogen) atoms. The molecule has 0 aromatic heterocycles. The molecule has 0 bridgehead atoms. The third-order valence-corrected chi connectivity index (χ3v) is 5.77. The molecule has 0 fully saturated rings. The predicted molar refractivity (Wildman–Crippen MR) is 99.6 cm³/mol. The van der Waals surface area contributed by atoms with Crippen LogP contribution in [-0.2, 0) is 14.8 Å². The van der Waals surface area contributed by atoms with Crippen LogP contribution in [0.15, 0.2) is 41.3 Å². The molecule has 0 amide bonds. The van der Waals surface area contributed by atoms with Gasteiger partial charge in [-0.3, -0.25) is 14.4 Å². The van der Waals surface area contributed by atoms with Crippen molar-refractivity contribution in [3.05, 3.63) is 52.1 Å². The van der Waals surface area contributed by atoms with E-state index in [4.69, 9.17) is 14.2 Å². The third-order valence-electron chi connectivity index (χ3n) is 3.95. The summed E-state index contributed by atoms with van der Waals surface area (Å²) in [5.41, 5.74) is -0.804. The second-order valence-electron chi connectivity index (χ2n) is 5.41. The third kappa shape index (κ3) is 3.69. The van der Waals surface area contributed by atoms with Crippen LogP contribution in [0.5, 0.6) is 11.5 Å². The Labute approximate surface area is 161 Å². The van der Waals surface area contributed by atoms with Crippen molar-refractivity contribution in [2.24, 2.45) is 0 Å². The monoisotopic (exact) mass is 410 g/mol. The van der Waals surface area contributed by atoms with Crippen molar-refractivity contribution in [1.29, 1.82) is 0 Å². The van der Waals surface area contributed by atoms with Crippen LogP contribution in [0, 0.1) is 10.1 Å². The largest absolute Gasteiger partial charge is 0.493 e. The summed E-state index contributed by atoms with van der Waals surface area (Å²) >= 11 is 0. The first-order chi connectivity index (χ1) is 13.2. The number of hydrogen-bond acceptors (Lipinski definition) is 8. The van der Waals surface area contributed by atoms with Gasteiger partial charge in [0.2, 0.25) is 0 Å². The Morgan fingerprint density at radius 3 is 2.18 bits per heavy atom. The van der Waals surface area contributed by atoms with Gasteiger partial charge < -0.3 is 14.2 Å². The average Bonchev–Trinajstić information content (AvgIpc) is 2.71. The Bertz CT molecular complexity index is 1020. The molecular weight excluding hydrogens is 392 g/mol. The van der Waals surface area contributed by atoms with Crippen molar-refractivity contribution in [2.45, 2.75) is 4.90 Å². The Morgan fingerprint density at radius 2 is 1.64 bits per heavy atom. The first-order valence-electron chi connectivity index (χ1n) is 7.75. The molecule has 150 valence electrons. The number of ether oxygens (including phenoxy) is 3. The molecule has 2 rings (SSSR count). The maximum Gasteiger partial charge on any atom is 0.340 e. The fourth-order valence-corrected chi connectivity index (χ4v) is 3.87. The van der Waals surface area contributed by atoms with E-state index in [0.29, 0.717) is 0 Å². The summed E-state index contributed by atoms with van der Waals surface area (Å²) in [6, 6.07) is 7.46. The van der Waals surface area contributed by atoms with Crippen molar-refractivity contribution >= 4 is 27.4 Å². The van der Waals surface area contributed by atoms with Crippen LogP contribution in [0.2, 0.25) is 0 Å². The molecule has 10 nitrogen and oxygen atoms in total. The normalized spacial score (nSPS) is 10.9. The minimum atomic E-state index is -4.39. The van der Waals surface area contributed by atoms with E-state index < -0.39 is 31.5 Å². The molecule has 0 aliphatic rings. The molecule has 0 unspecified atom stereocenters. The van der Waals surface area contributed by atoms with Crippen LogP contribution in [0.25, 0.3) is 0 Å². The summed E-state index contributed by atoms with van der Waals surface area (Å²) in [7, 11) is 0.612. The lowest BCUT2D eigenvalue weighted by Gasteiger charge is -2.23. The number of methoxy groups -OCH3 is 3. The van der Waals surface area contributed by atoms with Crippen molar-refractivity contribution in [1.82, 2.24) is 0 Å². The molecule has 0 aliphatic heterocycles. The quantitative estimate of drug-likeness (QED) is 0.386. The molecule has 2 aromatic carbocycles. The smallest absolute Gasteiger partial charge is 0.340 e. The number of rotatable bonds is 7. The summed E-state index contributed by atoms with van der Waals surface area (Å²) in [5, 5.41) is 11.2. The molecule has 0 aliphatic carbocycles. The minimum absolute atomic E-state index is 0.0948. The summed E-state index contributed by atoms with van der Waals surface area (Å²) in [4.78, 5) is 22.1. The van der Waals surface area contributed by atoms with E-state index in [1.54, 1.807) is 0 Å². The van der Waals surface area contributed by atoms with Gasteiger partial charge in [-0.1, -0.05) is 12.1 Å². The average molecular weight is 410 g/mol. The number of carbonyl (C=O) groups excluding carboxylic acids is 1. The molecule has 0 N–H and O–H groups in total. The molecule has 0 spiro atoms. The van der Waals surface area contributed by atoms with Crippen LogP contribution >= 0.6 is 0 Å². The van der Waals surface area contributed by atoms with Crippen LogP contribution in [0.3, 0.4) is 0 Å². The standard InChI is InChI=1S/C17H18N2O8S/c1-18(28(23,24)16-8-6-5-7-12(16)19(21)22)13-10-15(26-3)14(25-2)9-11(13)17(20)27-4/h5-10H,1-4H3. The predicted octanol–water partition coefficient (Wildman–Crippen LogP) is 2.22. The molecule has 0 saturated heterocycles. The zero-order chi connectivity index (χ0) is 21.1. The van der Waals surface area contributed by atoms with Crippen LogP contribution < -0.4 is 13.8 Å². The van der Waals surface area contributed by atoms with Gasteiger partial charge in [0.15, 0.2) is 16.4 Å². The maximum atomic E-state index is 13.1. The number of nitro benzene ring substituents is 1. The lowest BCUT2D eigenvalue weighted by atomic mass is 10.1. The Balaban J connectivity index is 2.73. The topological polar surface area (TPSA) is 125 Å². The number of nitro groups is 1. The maximum absolute atomic E-state index is 13.1. The molecular formula is C17H18N2O8S. The lowest BCUT2D eigenvalue weighted by Crippen LogP contribution is -2.29. The van der Waals surface area contributed by atoms with E-state index in [1.807, 2.05) is 0 Å². The number of esters is 1. The first-order valence-corrected chi connectivity index (χ1v) is 9.19. The van der Waals surface area contributed by atoms with Gasteiger partial charge in [-0.15, -0.1) is 0 Å². The fraction of sp³-hybridized carbons (Fsp3) is 0.235. The number of sulfonamides is 1. The van der Waals surface area contributed by atoms with Crippen LogP contribution in [0.1, 0.15) is 10.4 Å². The summed E-state index contributed by atoms with van der Waals surface area (Å²) in [6.45, 7) is 0. The highest BCUT2D eigenvalue weighted by atomic mass is 32.2. The first kappa shape index (κ1) is 21.0. The molecule has 0 heterocycles. The van der Waals surface area contributed by atoms with E-state index in [0.717, 1.165) is 23.5 Å². The molecule has 0 atom stereocenters. The Morgan fingerprint density at radius 1 is 1.07 bits per heavy atom. The SMILES string of the molecule is COC(=O)c1cc(OC)c(OC)cc1N(C)S(=O)(=O)c1ccccc1[N+](=O)[O-]. The highest BCUT2D eigenvalue weighted by Crippen LogP contribution is 2.38. The number of nitrogens with zero attached hydrogens (tertiary/aromatic N) is 2. The molecule has 0 radical (unpaired) electrons. The zero-order valence-corrected chi connectivity index (χ0v) is 16.3. The van der Waals surface area contributed by atoms with Gasteiger partial charge in [0, 0.05) is 25.2 Å². The van der Waals surface area contributed by atoms with E-state index >= 15 is 0 Å². The number of para-hydroxylation sites is 1. The summed E-state index contributed by atoms with van der Waals surface area (Å²) < 4.78 is 41.9. The van der Waals surface area contributed by atoms with Gasteiger partial charge in [0.25, 0.3) is 15.7 Å². The molecule has 2 aromatic rings. The second-order valence-corrected chi connectivity index (χ2v) is 7.35. The van der Waals surface area contributed by atoms with Gasteiger partial charge in [-0.2, -0.15) is 0 Å². The highest BCUT2D eigenvalue weighted by molar-refractivity contribution is 7.93. The highest BCUT2D eigenvalue weighted by Gasteiger charge is 2.32. The van der Waals surface area contributed by atoms with Gasteiger partial charge >= 0.3 is 5.97 Å². The molecule has 11 heteroatoms. The van der Waals surface area contributed by atoms with E-state index in [2.05, 4.69) is 0 Å². The van der Waals surface area contributed by atoms with Crippen molar-refractivity contribution < 1.29 is 32.3 Å². The zero-order valence-electron chi connectivity index (χ0n) is 15.5. The van der Waals surface area contributed by atoms with Crippen molar-refractivity contribution in [3.63, 3.8) is 0 Å². The van der Waals surface area contributed by atoms with Gasteiger partial charge in [-0.05, 0) is 6.07 Å². The summed E-state index contributed by atoms with van der Waals surface area (Å²) in [5.74, 6) is -0.474. The second kappa shape index (κ2) is 8.13. The number of anilines is 1. The number of benzene rings is 2. The number of hydrogen-bond donors (Lipinski definition) is 0. The Hall–Kier alpha value is -3.34. The van der Waals surface area contributed by atoms with E-state index in [9.17, 15) is 23.3 Å². The molecule has 0 saturated carbocycles. The van der Waals surface area contributed by atoms with E-state index in [-0.39, 0.29) is 22.7 Å². The van der Waals surface area contributed by atoms with Gasteiger partial charge in [-0.25, -0.2) is 13.2 Å². The van der Waals surface area contributed by atoms with Crippen LogP contribution in [0.4, 0.5) is 11.4 Å². The summed E-state index contributed by atoms with van der Waals surface area (Å²) in [6.07, 6.45) is 0. The number of carbonyl (C=O) groups is 1. The van der Waals surface area contributed by atoms with Crippen molar-refractivity contribution in [2.75, 3.05) is 32.7 Å². The lowest BCUT2D eigenvalue weighted by molar-refractivity contribution is -0.387. The van der Waals surface area contributed by atoms with Crippen molar-refractivity contribution in [3.8, 4) is 11.5 Å². The van der Waals surface area contributed by atoms with Crippen LogP contribution in [-0.4, -0.2) is 47.7 Å². The van der Waals surface area contributed by atoms with Gasteiger partial charge in [0.1, 0.15) is 0 Å². The van der Waals surface area contributed by atoms with E-state index in [1.165, 1.54) is 45.5 Å².